The highest BCUT2D eigenvalue weighted by molar-refractivity contribution is 7.90. The van der Waals surface area contributed by atoms with Gasteiger partial charge in [0.15, 0.2) is 0 Å². The van der Waals surface area contributed by atoms with Crippen molar-refractivity contribution in [3.05, 3.63) is 24.0 Å². The van der Waals surface area contributed by atoms with Crippen LogP contribution >= 0.6 is 0 Å². The van der Waals surface area contributed by atoms with E-state index >= 15 is 0 Å². The molecular formula is C10H12BF4O3S-. The van der Waals surface area contributed by atoms with E-state index in [1.54, 1.807) is 0 Å². The standard InChI is InChI=1S/C10H12BF4O3S/c1-19(16,17)6-2-5-18-8-3-4-9(10(12)7-8)11(13,14)15/h3-4,7H,2,5-6H2,1H3/q-1. The largest absolute Gasteiger partial charge is 0.512 e. The Balaban J connectivity index is 2.60. The minimum Gasteiger partial charge on any atom is -0.493 e. The van der Waals surface area contributed by atoms with Gasteiger partial charge >= 0.3 is 6.98 Å². The van der Waals surface area contributed by atoms with Gasteiger partial charge in [0.05, 0.1) is 18.2 Å². The van der Waals surface area contributed by atoms with Crippen LogP contribution < -0.4 is 10.2 Å². The second-order valence-corrected chi connectivity index (χ2v) is 6.35. The highest BCUT2D eigenvalue weighted by atomic mass is 32.2. The van der Waals surface area contributed by atoms with E-state index in [0.29, 0.717) is 12.1 Å². The van der Waals surface area contributed by atoms with Crippen molar-refractivity contribution in [2.45, 2.75) is 6.42 Å². The van der Waals surface area contributed by atoms with Crippen LogP contribution in [-0.2, 0) is 9.84 Å². The van der Waals surface area contributed by atoms with Crippen molar-refractivity contribution in [1.82, 2.24) is 0 Å². The first-order chi connectivity index (χ1) is 8.59. The fourth-order valence-corrected chi connectivity index (χ4v) is 2.02. The SMILES string of the molecule is CS(=O)(=O)CCCOc1ccc([B-](F)(F)F)c(F)c1. The Bertz CT molecular complexity index is 542. The summed E-state index contributed by atoms with van der Waals surface area (Å²) in [5, 5.41) is 0. The second kappa shape index (κ2) is 5.81. The number of halogens is 4. The summed E-state index contributed by atoms with van der Waals surface area (Å²) in [6.45, 7) is -5.40. The molecule has 0 aliphatic rings. The highest BCUT2D eigenvalue weighted by Gasteiger charge is 2.28. The van der Waals surface area contributed by atoms with Crippen molar-refractivity contribution in [2.24, 2.45) is 0 Å². The lowest BCUT2D eigenvalue weighted by Gasteiger charge is -2.16. The Kier molecular flexibility index (Phi) is 4.83. The van der Waals surface area contributed by atoms with Crippen molar-refractivity contribution >= 4 is 22.3 Å². The molecule has 0 saturated carbocycles. The molecule has 0 radical (unpaired) electrons. The van der Waals surface area contributed by atoms with Crippen LogP contribution in [-0.4, -0.2) is 34.0 Å². The number of hydrogen-bond acceptors (Lipinski definition) is 3. The lowest BCUT2D eigenvalue weighted by Crippen LogP contribution is -2.36. The maximum atomic E-state index is 13.2. The molecule has 0 aliphatic carbocycles. The van der Waals surface area contributed by atoms with Gasteiger partial charge in [-0.2, -0.15) is 0 Å². The molecule has 1 aromatic rings. The summed E-state index contributed by atoms with van der Waals surface area (Å²) in [5.41, 5.74) is -1.30. The van der Waals surface area contributed by atoms with Crippen LogP contribution in [0.2, 0.25) is 0 Å². The number of rotatable bonds is 6. The van der Waals surface area contributed by atoms with E-state index < -0.39 is 28.1 Å². The third-order valence-corrected chi connectivity index (χ3v) is 3.28. The van der Waals surface area contributed by atoms with Crippen molar-refractivity contribution in [3.63, 3.8) is 0 Å². The summed E-state index contributed by atoms with van der Waals surface area (Å²) in [5.74, 6) is -1.55. The lowest BCUT2D eigenvalue weighted by molar-refractivity contribution is 0.316. The van der Waals surface area contributed by atoms with Gasteiger partial charge in [-0.25, -0.2) is 12.8 Å². The van der Waals surface area contributed by atoms with Gasteiger partial charge in [-0.3, -0.25) is 0 Å². The van der Waals surface area contributed by atoms with Crippen LogP contribution in [0, 0.1) is 5.82 Å². The van der Waals surface area contributed by atoms with Gasteiger partial charge in [0.25, 0.3) is 0 Å². The predicted molar refractivity (Wildman–Crippen MR) is 64.9 cm³/mol. The van der Waals surface area contributed by atoms with E-state index in [2.05, 4.69) is 0 Å². The van der Waals surface area contributed by atoms with Gasteiger partial charge in [-0.05, 0) is 12.5 Å². The van der Waals surface area contributed by atoms with E-state index in [-0.39, 0.29) is 24.5 Å². The minimum atomic E-state index is -5.39. The normalized spacial score (nSPS) is 12.5. The quantitative estimate of drug-likeness (QED) is 0.456. The fraction of sp³-hybridized carbons (Fsp3) is 0.400. The van der Waals surface area contributed by atoms with E-state index in [9.17, 15) is 25.8 Å². The molecule has 0 fully saturated rings. The lowest BCUT2D eigenvalue weighted by atomic mass is 9.80. The zero-order chi connectivity index (χ0) is 14.7. The van der Waals surface area contributed by atoms with Crippen LogP contribution in [0.25, 0.3) is 0 Å². The molecule has 108 valence electrons. The van der Waals surface area contributed by atoms with Gasteiger partial charge in [0.1, 0.15) is 15.6 Å². The maximum absolute atomic E-state index is 13.2. The number of ether oxygens (including phenoxy) is 1. The Morgan fingerprint density at radius 3 is 2.37 bits per heavy atom. The van der Waals surface area contributed by atoms with Crippen molar-refractivity contribution in [1.29, 1.82) is 0 Å². The summed E-state index contributed by atoms with van der Waals surface area (Å²) in [6.07, 6.45) is 1.25. The molecule has 0 heterocycles. The van der Waals surface area contributed by atoms with E-state index in [1.165, 1.54) is 0 Å². The summed E-state index contributed by atoms with van der Waals surface area (Å²) in [6, 6.07) is 2.26. The molecule has 0 unspecified atom stereocenters. The maximum Gasteiger partial charge on any atom is 0.512 e. The average Bonchev–Trinajstić information content (AvgIpc) is 2.21. The number of sulfone groups is 1. The van der Waals surface area contributed by atoms with Crippen LogP contribution in [0.5, 0.6) is 5.75 Å². The van der Waals surface area contributed by atoms with Gasteiger partial charge < -0.3 is 17.7 Å². The predicted octanol–water partition coefficient (Wildman–Crippen LogP) is 1.69. The van der Waals surface area contributed by atoms with Crippen molar-refractivity contribution < 1.29 is 30.5 Å². The van der Waals surface area contributed by atoms with Gasteiger partial charge in [0.2, 0.25) is 0 Å². The molecule has 1 rings (SSSR count). The van der Waals surface area contributed by atoms with Crippen LogP contribution in [0.1, 0.15) is 6.42 Å². The molecule has 1 aromatic carbocycles. The van der Waals surface area contributed by atoms with E-state index in [4.69, 9.17) is 4.74 Å². The summed E-state index contributed by atoms with van der Waals surface area (Å²) < 4.78 is 76.8. The zero-order valence-electron chi connectivity index (χ0n) is 10.1. The Labute approximate surface area is 108 Å². The third-order valence-electron chi connectivity index (χ3n) is 2.25. The molecule has 19 heavy (non-hydrogen) atoms. The molecule has 0 amide bonds. The highest BCUT2D eigenvalue weighted by Crippen LogP contribution is 2.17. The van der Waals surface area contributed by atoms with E-state index in [1.807, 2.05) is 0 Å². The Morgan fingerprint density at radius 2 is 1.89 bits per heavy atom. The molecule has 9 heteroatoms. The second-order valence-electron chi connectivity index (χ2n) is 4.09. The van der Waals surface area contributed by atoms with Gasteiger partial charge in [-0.15, -0.1) is 0 Å². The molecule has 0 bridgehead atoms. The Hall–Kier alpha value is -1.25. The first kappa shape index (κ1) is 15.8. The minimum absolute atomic E-state index is 0.0109. The van der Waals surface area contributed by atoms with E-state index in [0.717, 1.165) is 12.3 Å². The molecule has 0 spiro atoms. The monoisotopic (exact) mass is 299 g/mol. The topological polar surface area (TPSA) is 43.4 Å². The van der Waals surface area contributed by atoms with Crippen LogP contribution in [0.15, 0.2) is 18.2 Å². The van der Waals surface area contributed by atoms with Gasteiger partial charge in [-0.1, -0.05) is 11.5 Å². The molecule has 0 atom stereocenters. The fourth-order valence-electron chi connectivity index (χ4n) is 1.37. The third kappa shape index (κ3) is 5.50. The molecule has 3 nitrogen and oxygen atoms in total. The summed E-state index contributed by atoms with van der Waals surface area (Å²) >= 11 is 0. The summed E-state index contributed by atoms with van der Waals surface area (Å²) in [4.78, 5) is 0. The zero-order valence-corrected chi connectivity index (χ0v) is 10.9. The summed E-state index contributed by atoms with van der Waals surface area (Å²) in [7, 11) is -3.11. The van der Waals surface area contributed by atoms with Crippen LogP contribution in [0.3, 0.4) is 0 Å². The van der Waals surface area contributed by atoms with Crippen molar-refractivity contribution in [2.75, 3.05) is 18.6 Å². The molecule has 0 aliphatic heterocycles. The first-order valence-corrected chi connectivity index (χ1v) is 7.45. The number of benzene rings is 1. The first-order valence-electron chi connectivity index (χ1n) is 5.39. The van der Waals surface area contributed by atoms with Crippen LogP contribution in [0.4, 0.5) is 17.3 Å². The smallest absolute Gasteiger partial charge is 0.493 e. The molecule has 0 N–H and O–H groups in total. The molecule has 0 aromatic heterocycles. The molecular weight excluding hydrogens is 287 g/mol. The van der Waals surface area contributed by atoms with Gasteiger partial charge in [0, 0.05) is 12.3 Å². The Morgan fingerprint density at radius 1 is 1.26 bits per heavy atom. The van der Waals surface area contributed by atoms with Crippen molar-refractivity contribution in [3.8, 4) is 5.75 Å². The average molecular weight is 299 g/mol. The number of hydrogen-bond donors (Lipinski definition) is 0. The molecule has 0 saturated heterocycles.